The molecule has 3 heterocycles. The predicted octanol–water partition coefficient (Wildman–Crippen LogP) is 4.77. The minimum absolute atomic E-state index is 0.271. The van der Waals surface area contributed by atoms with Crippen molar-refractivity contribution < 1.29 is 8.42 Å². The Labute approximate surface area is 159 Å². The monoisotopic (exact) mass is 401 g/mol. The van der Waals surface area contributed by atoms with Crippen molar-refractivity contribution in [1.29, 1.82) is 0 Å². The van der Waals surface area contributed by atoms with Gasteiger partial charge < -0.3 is 0 Å². The Morgan fingerprint density at radius 2 is 1.77 bits per heavy atom. The van der Waals surface area contributed by atoms with Gasteiger partial charge in [0.05, 0.1) is 10.6 Å². The molecule has 0 aliphatic heterocycles. The van der Waals surface area contributed by atoms with Gasteiger partial charge in [-0.05, 0) is 41.4 Å². The summed E-state index contributed by atoms with van der Waals surface area (Å²) in [6.07, 6.45) is 0. The number of thiophene rings is 2. The molecule has 26 heavy (non-hydrogen) atoms. The molecule has 0 amide bonds. The van der Waals surface area contributed by atoms with Crippen LogP contribution in [0.25, 0.3) is 16.3 Å². The first-order chi connectivity index (χ1) is 12.5. The largest absolute Gasteiger partial charge is 0.272 e. The summed E-state index contributed by atoms with van der Waals surface area (Å²) in [6, 6.07) is 16.7. The summed E-state index contributed by atoms with van der Waals surface area (Å²) in [4.78, 5) is 0.980. The lowest BCUT2D eigenvalue weighted by molar-refractivity contribution is 0.602. The van der Waals surface area contributed by atoms with Gasteiger partial charge in [0, 0.05) is 6.07 Å². The number of anilines is 1. The summed E-state index contributed by atoms with van der Waals surface area (Å²) >= 11 is 2.74. The van der Waals surface area contributed by atoms with E-state index in [4.69, 9.17) is 0 Å². The number of nitrogens with zero attached hydrogens (tertiary/aromatic N) is 2. The molecule has 0 spiro atoms. The lowest BCUT2D eigenvalue weighted by Gasteiger charge is -2.11. The molecule has 0 radical (unpaired) electrons. The fraction of sp³-hybridized carbons (Fsp3) is 0.0556. The van der Waals surface area contributed by atoms with Crippen molar-refractivity contribution in [3.05, 3.63) is 70.9 Å². The summed E-state index contributed by atoms with van der Waals surface area (Å²) in [5.41, 5.74) is 2.57. The van der Waals surface area contributed by atoms with Crippen molar-refractivity contribution in [2.24, 2.45) is 0 Å². The minimum atomic E-state index is -3.66. The van der Waals surface area contributed by atoms with Gasteiger partial charge in [-0.15, -0.1) is 22.7 Å². The molecule has 0 bridgehead atoms. The highest BCUT2D eigenvalue weighted by Gasteiger charge is 2.20. The SMILES string of the molecule is Cc1ccccc1-n1nc(-c2cccs2)cc1NS(=O)(=O)c1cccs1. The van der Waals surface area contributed by atoms with Crippen LogP contribution in [-0.2, 0) is 10.0 Å². The Morgan fingerprint density at radius 3 is 2.46 bits per heavy atom. The molecule has 0 aliphatic rings. The van der Waals surface area contributed by atoms with Gasteiger partial charge in [0.15, 0.2) is 0 Å². The maximum absolute atomic E-state index is 12.7. The minimum Gasteiger partial charge on any atom is -0.263 e. The third-order valence-electron chi connectivity index (χ3n) is 3.83. The van der Waals surface area contributed by atoms with Gasteiger partial charge in [-0.2, -0.15) is 5.10 Å². The van der Waals surface area contributed by atoms with E-state index in [9.17, 15) is 8.42 Å². The fourth-order valence-electron chi connectivity index (χ4n) is 2.59. The van der Waals surface area contributed by atoms with Gasteiger partial charge >= 0.3 is 0 Å². The van der Waals surface area contributed by atoms with Gasteiger partial charge in [-0.3, -0.25) is 4.72 Å². The van der Waals surface area contributed by atoms with Gasteiger partial charge in [0.25, 0.3) is 10.0 Å². The van der Waals surface area contributed by atoms with Crippen molar-refractivity contribution in [3.8, 4) is 16.3 Å². The van der Waals surface area contributed by atoms with Gasteiger partial charge in [-0.25, -0.2) is 13.1 Å². The second-order valence-corrected chi connectivity index (χ2v) is 9.43. The van der Waals surface area contributed by atoms with E-state index in [1.807, 2.05) is 48.7 Å². The molecule has 1 aromatic carbocycles. The smallest absolute Gasteiger partial charge is 0.263 e. The molecule has 3 aromatic heterocycles. The zero-order valence-electron chi connectivity index (χ0n) is 13.8. The van der Waals surface area contributed by atoms with E-state index in [0.29, 0.717) is 5.82 Å². The summed E-state index contributed by atoms with van der Waals surface area (Å²) < 4.78 is 30.0. The van der Waals surface area contributed by atoms with E-state index in [0.717, 1.165) is 21.8 Å². The number of sulfonamides is 1. The van der Waals surface area contributed by atoms with Crippen LogP contribution in [0.1, 0.15) is 5.56 Å². The summed E-state index contributed by atoms with van der Waals surface area (Å²) in [6.45, 7) is 1.97. The molecule has 0 aliphatic carbocycles. The summed E-state index contributed by atoms with van der Waals surface area (Å²) in [7, 11) is -3.66. The second-order valence-electron chi connectivity index (χ2n) is 5.63. The zero-order chi connectivity index (χ0) is 18.1. The highest BCUT2D eigenvalue weighted by molar-refractivity contribution is 7.94. The van der Waals surface area contributed by atoms with Crippen molar-refractivity contribution in [2.45, 2.75) is 11.1 Å². The summed E-state index contributed by atoms with van der Waals surface area (Å²) in [5, 5.41) is 8.36. The molecule has 4 rings (SSSR count). The Bertz CT molecular complexity index is 1130. The number of para-hydroxylation sites is 1. The lowest BCUT2D eigenvalue weighted by atomic mass is 10.2. The van der Waals surface area contributed by atoms with Crippen LogP contribution in [0.5, 0.6) is 0 Å². The molecule has 0 atom stereocenters. The van der Waals surface area contributed by atoms with Crippen molar-refractivity contribution in [2.75, 3.05) is 4.72 Å². The van der Waals surface area contributed by atoms with Gasteiger partial charge in [0.2, 0.25) is 0 Å². The first-order valence-electron chi connectivity index (χ1n) is 7.81. The van der Waals surface area contributed by atoms with E-state index in [2.05, 4.69) is 9.82 Å². The number of aromatic nitrogens is 2. The topological polar surface area (TPSA) is 64.0 Å². The van der Waals surface area contributed by atoms with E-state index in [1.165, 1.54) is 11.3 Å². The van der Waals surface area contributed by atoms with Crippen LogP contribution in [0.4, 0.5) is 5.82 Å². The zero-order valence-corrected chi connectivity index (χ0v) is 16.2. The van der Waals surface area contributed by atoms with Crippen LogP contribution in [0.3, 0.4) is 0 Å². The molecule has 4 aromatic rings. The molecular weight excluding hydrogens is 386 g/mol. The highest BCUT2D eigenvalue weighted by Crippen LogP contribution is 2.30. The first-order valence-corrected chi connectivity index (χ1v) is 11.0. The van der Waals surface area contributed by atoms with Crippen molar-refractivity contribution >= 4 is 38.5 Å². The Balaban J connectivity index is 1.84. The number of hydrogen-bond donors (Lipinski definition) is 1. The molecule has 8 heteroatoms. The molecular formula is C18H15N3O2S3. The van der Waals surface area contributed by atoms with Crippen LogP contribution >= 0.6 is 22.7 Å². The number of benzene rings is 1. The second kappa shape index (κ2) is 6.71. The molecule has 0 saturated carbocycles. The standard InChI is InChI=1S/C18H15N3O2S3/c1-13-6-2-3-7-15(13)21-17(12-14(19-21)16-8-4-10-24-16)20-26(22,23)18-9-5-11-25-18/h2-12,20H,1H3. The van der Waals surface area contributed by atoms with Crippen LogP contribution in [0.15, 0.2) is 69.6 Å². The normalized spacial score (nSPS) is 11.6. The molecule has 0 saturated heterocycles. The first kappa shape index (κ1) is 17.0. The quantitative estimate of drug-likeness (QED) is 0.524. The Hall–Kier alpha value is -2.42. The lowest BCUT2D eigenvalue weighted by Crippen LogP contribution is -2.15. The van der Waals surface area contributed by atoms with E-state index in [-0.39, 0.29) is 4.21 Å². The molecule has 0 unspecified atom stereocenters. The summed E-state index contributed by atoms with van der Waals surface area (Å²) in [5.74, 6) is 0.413. The Morgan fingerprint density at radius 1 is 1.00 bits per heavy atom. The highest BCUT2D eigenvalue weighted by atomic mass is 32.2. The van der Waals surface area contributed by atoms with Crippen LogP contribution in [0.2, 0.25) is 0 Å². The maximum Gasteiger partial charge on any atom is 0.272 e. The average molecular weight is 402 g/mol. The van der Waals surface area contributed by atoms with E-state index < -0.39 is 10.0 Å². The van der Waals surface area contributed by atoms with E-state index >= 15 is 0 Å². The van der Waals surface area contributed by atoms with Crippen LogP contribution in [0, 0.1) is 6.92 Å². The van der Waals surface area contributed by atoms with Crippen LogP contribution < -0.4 is 4.72 Å². The predicted molar refractivity (Wildman–Crippen MR) is 107 cm³/mol. The third-order valence-corrected chi connectivity index (χ3v) is 7.47. The number of rotatable bonds is 5. The third kappa shape index (κ3) is 3.18. The fourth-order valence-corrected chi connectivity index (χ4v) is 5.29. The van der Waals surface area contributed by atoms with Crippen LogP contribution in [-0.4, -0.2) is 18.2 Å². The van der Waals surface area contributed by atoms with Gasteiger partial charge in [0.1, 0.15) is 15.7 Å². The van der Waals surface area contributed by atoms with E-state index in [1.54, 1.807) is 39.6 Å². The molecule has 132 valence electrons. The average Bonchev–Trinajstić information content (AvgIpc) is 3.37. The van der Waals surface area contributed by atoms with Crippen molar-refractivity contribution in [1.82, 2.24) is 9.78 Å². The number of nitrogens with one attached hydrogen (secondary N) is 1. The molecule has 0 fully saturated rings. The van der Waals surface area contributed by atoms with Gasteiger partial charge in [-0.1, -0.05) is 30.3 Å². The maximum atomic E-state index is 12.7. The Kier molecular flexibility index (Phi) is 4.39. The number of hydrogen-bond acceptors (Lipinski definition) is 5. The molecule has 5 nitrogen and oxygen atoms in total. The molecule has 1 N–H and O–H groups in total. The van der Waals surface area contributed by atoms with Crippen molar-refractivity contribution in [3.63, 3.8) is 0 Å². The number of aryl methyl sites for hydroxylation is 1.